The van der Waals surface area contributed by atoms with E-state index in [9.17, 15) is 0 Å². The molecule has 2 unspecified atom stereocenters. The first-order valence-corrected chi connectivity index (χ1v) is 8.76. The van der Waals surface area contributed by atoms with Crippen LogP contribution in [-0.2, 0) is 17.7 Å². The van der Waals surface area contributed by atoms with Crippen LogP contribution in [0.3, 0.4) is 0 Å². The molecule has 0 aliphatic heterocycles. The minimum absolute atomic E-state index is 0.694. The fraction of sp³-hybridized carbons (Fsp3) is 0.857. The molecular weight excluding hydrogens is 204 g/mol. The van der Waals surface area contributed by atoms with Crippen LogP contribution in [-0.4, -0.2) is 31.8 Å². The van der Waals surface area contributed by atoms with Gasteiger partial charge < -0.3 is 17.7 Å². The van der Waals surface area contributed by atoms with Crippen molar-refractivity contribution in [3.8, 4) is 0 Å². The van der Waals surface area contributed by atoms with Gasteiger partial charge in [0.25, 0.3) is 0 Å². The predicted octanol–water partition coefficient (Wildman–Crippen LogP) is 0.912. The Labute approximate surface area is 83.8 Å². The lowest BCUT2D eigenvalue weighted by Gasteiger charge is -2.13. The Bertz CT molecular complexity index is 103. The summed E-state index contributed by atoms with van der Waals surface area (Å²) >= 11 is 0. The SMILES string of the molecule is CCO[SiH](C)O[CH]O[SiH](C)OCC. The van der Waals surface area contributed by atoms with Gasteiger partial charge >= 0.3 is 18.6 Å². The van der Waals surface area contributed by atoms with Crippen LogP contribution in [0.15, 0.2) is 0 Å². The molecular formula is C7H19O4Si2. The molecule has 2 atom stereocenters. The third kappa shape index (κ3) is 8.60. The van der Waals surface area contributed by atoms with Crippen molar-refractivity contribution in [2.75, 3.05) is 13.2 Å². The van der Waals surface area contributed by atoms with Gasteiger partial charge in [0.05, 0.1) is 0 Å². The maximum atomic E-state index is 5.26. The molecule has 0 bridgehead atoms. The minimum Gasteiger partial charge on any atom is -0.397 e. The molecule has 0 spiro atoms. The van der Waals surface area contributed by atoms with E-state index in [1.807, 2.05) is 26.9 Å². The summed E-state index contributed by atoms with van der Waals surface area (Å²) in [5.74, 6) is 0. The summed E-state index contributed by atoms with van der Waals surface area (Å²) < 4.78 is 21.0. The van der Waals surface area contributed by atoms with Gasteiger partial charge in [-0.2, -0.15) is 0 Å². The van der Waals surface area contributed by atoms with Crippen molar-refractivity contribution in [1.29, 1.82) is 0 Å². The zero-order chi connectivity index (χ0) is 10.1. The zero-order valence-electron chi connectivity index (χ0n) is 8.78. The summed E-state index contributed by atoms with van der Waals surface area (Å²) in [6.45, 7) is 10.6. The first kappa shape index (κ1) is 13.3. The summed E-state index contributed by atoms with van der Waals surface area (Å²) in [6.07, 6.45) is 0. The quantitative estimate of drug-likeness (QED) is 0.573. The Morgan fingerprint density at radius 1 is 0.923 bits per heavy atom. The largest absolute Gasteiger partial charge is 0.397 e. The first-order chi connectivity index (χ1) is 6.20. The van der Waals surface area contributed by atoms with Gasteiger partial charge in [0.15, 0.2) is 6.79 Å². The summed E-state index contributed by atoms with van der Waals surface area (Å²) in [5.41, 5.74) is 0. The molecule has 0 amide bonds. The van der Waals surface area contributed by atoms with Gasteiger partial charge in [-0.25, -0.2) is 0 Å². The molecule has 0 rings (SSSR count). The van der Waals surface area contributed by atoms with Crippen molar-refractivity contribution < 1.29 is 17.7 Å². The van der Waals surface area contributed by atoms with E-state index in [0.29, 0.717) is 13.2 Å². The molecule has 0 aromatic rings. The highest BCUT2D eigenvalue weighted by Gasteiger charge is 2.08. The number of rotatable bonds is 8. The maximum Gasteiger partial charge on any atom is 0.320 e. The molecule has 0 heterocycles. The Kier molecular flexibility index (Phi) is 9.04. The molecule has 0 saturated heterocycles. The van der Waals surface area contributed by atoms with E-state index in [2.05, 4.69) is 0 Å². The van der Waals surface area contributed by atoms with Gasteiger partial charge in [-0.3, -0.25) is 0 Å². The molecule has 0 aliphatic carbocycles. The van der Waals surface area contributed by atoms with E-state index < -0.39 is 18.6 Å². The molecule has 6 heteroatoms. The molecule has 0 saturated carbocycles. The van der Waals surface area contributed by atoms with Crippen molar-refractivity contribution in [3.63, 3.8) is 0 Å². The topological polar surface area (TPSA) is 36.9 Å². The standard InChI is InChI=1S/C7H19O4Si2/c1-5-8-12(3)10-7-11-13(4)9-6-2/h7,12-13H,5-6H2,1-4H3. The third-order valence-corrected chi connectivity index (χ3v) is 3.89. The van der Waals surface area contributed by atoms with E-state index in [4.69, 9.17) is 17.7 Å². The van der Waals surface area contributed by atoms with Gasteiger partial charge in [0, 0.05) is 13.2 Å². The summed E-state index contributed by atoms with van der Waals surface area (Å²) in [5, 5.41) is 0. The van der Waals surface area contributed by atoms with Gasteiger partial charge in [-0.05, 0) is 26.9 Å². The summed E-state index contributed by atoms with van der Waals surface area (Å²) in [4.78, 5) is 0. The number of hydrogen-bond acceptors (Lipinski definition) is 4. The highest BCUT2D eigenvalue weighted by atomic mass is 28.3. The molecule has 79 valence electrons. The fourth-order valence-electron chi connectivity index (χ4n) is 0.737. The predicted molar refractivity (Wildman–Crippen MR) is 55.7 cm³/mol. The summed E-state index contributed by atoms with van der Waals surface area (Å²) in [7, 11) is -2.99. The average molecular weight is 223 g/mol. The van der Waals surface area contributed by atoms with Crippen LogP contribution in [0.5, 0.6) is 0 Å². The van der Waals surface area contributed by atoms with Crippen LogP contribution in [0.2, 0.25) is 13.1 Å². The first-order valence-electron chi connectivity index (χ1n) is 4.56. The Balaban J connectivity index is 3.23. The van der Waals surface area contributed by atoms with Crippen LogP contribution >= 0.6 is 0 Å². The van der Waals surface area contributed by atoms with E-state index >= 15 is 0 Å². The average Bonchev–Trinajstić information content (AvgIpc) is 2.05. The minimum atomic E-state index is -1.49. The maximum absolute atomic E-state index is 5.26. The zero-order valence-corrected chi connectivity index (χ0v) is 11.1. The molecule has 0 fully saturated rings. The van der Waals surface area contributed by atoms with Gasteiger partial charge in [0.2, 0.25) is 0 Å². The molecule has 0 aliphatic rings. The second kappa shape index (κ2) is 8.85. The lowest BCUT2D eigenvalue weighted by Crippen LogP contribution is -2.22. The van der Waals surface area contributed by atoms with Crippen LogP contribution in [0.25, 0.3) is 0 Å². The van der Waals surface area contributed by atoms with Crippen molar-refractivity contribution in [3.05, 3.63) is 6.79 Å². The lowest BCUT2D eigenvalue weighted by molar-refractivity contribution is 0.134. The Hall–Kier alpha value is 0.274. The highest BCUT2D eigenvalue weighted by molar-refractivity contribution is 6.43. The fourth-order valence-corrected chi connectivity index (χ4v) is 2.40. The molecule has 0 N–H and O–H groups in total. The Morgan fingerprint density at radius 3 is 1.62 bits per heavy atom. The van der Waals surface area contributed by atoms with Crippen LogP contribution in [0.1, 0.15) is 13.8 Å². The molecule has 0 aromatic carbocycles. The van der Waals surface area contributed by atoms with Crippen LogP contribution in [0, 0.1) is 6.79 Å². The van der Waals surface area contributed by atoms with Crippen molar-refractivity contribution >= 4 is 18.6 Å². The van der Waals surface area contributed by atoms with Gasteiger partial charge in [0.1, 0.15) is 0 Å². The monoisotopic (exact) mass is 223 g/mol. The highest BCUT2D eigenvalue weighted by Crippen LogP contribution is 1.96. The molecule has 0 aromatic heterocycles. The van der Waals surface area contributed by atoms with E-state index in [-0.39, 0.29) is 0 Å². The van der Waals surface area contributed by atoms with Crippen LogP contribution < -0.4 is 0 Å². The molecule has 4 nitrogen and oxygen atoms in total. The van der Waals surface area contributed by atoms with Crippen LogP contribution in [0.4, 0.5) is 0 Å². The van der Waals surface area contributed by atoms with Gasteiger partial charge in [-0.1, -0.05) is 0 Å². The molecule has 1 radical (unpaired) electrons. The van der Waals surface area contributed by atoms with E-state index in [1.54, 1.807) is 0 Å². The van der Waals surface area contributed by atoms with E-state index in [1.165, 1.54) is 6.79 Å². The van der Waals surface area contributed by atoms with E-state index in [0.717, 1.165) is 0 Å². The Morgan fingerprint density at radius 2 is 1.31 bits per heavy atom. The second-order valence-electron chi connectivity index (χ2n) is 2.41. The van der Waals surface area contributed by atoms with Crippen molar-refractivity contribution in [1.82, 2.24) is 0 Å². The molecule has 13 heavy (non-hydrogen) atoms. The summed E-state index contributed by atoms with van der Waals surface area (Å²) in [6, 6.07) is 0. The second-order valence-corrected chi connectivity index (χ2v) is 5.90. The third-order valence-electron chi connectivity index (χ3n) is 1.30. The van der Waals surface area contributed by atoms with Crippen molar-refractivity contribution in [2.24, 2.45) is 0 Å². The van der Waals surface area contributed by atoms with Gasteiger partial charge in [-0.15, -0.1) is 0 Å². The normalized spacial score (nSPS) is 15.7. The smallest absolute Gasteiger partial charge is 0.320 e. The lowest BCUT2D eigenvalue weighted by atomic mass is 10.9. The van der Waals surface area contributed by atoms with Crippen molar-refractivity contribution in [2.45, 2.75) is 26.9 Å². The number of hydrogen-bond donors (Lipinski definition) is 0.